The molecule has 13 nitrogen and oxygen atoms in total. The van der Waals surface area contributed by atoms with Gasteiger partial charge in [0.1, 0.15) is 34.0 Å². The molecule has 3 aliphatic heterocycles. The number of nitrogens with zero attached hydrogens (tertiary/aromatic N) is 1. The van der Waals surface area contributed by atoms with Gasteiger partial charge in [-0.15, -0.1) is 0 Å². The van der Waals surface area contributed by atoms with Crippen LogP contribution in [0.5, 0.6) is 0 Å². The van der Waals surface area contributed by atoms with Gasteiger partial charge in [0, 0.05) is 0 Å². The fraction of sp³-hybridized carbons (Fsp3) is 0.280. The molecule has 3 heterocycles. The number of carbonyl (C=O) groups excluding carboxylic acids is 6. The Balaban J connectivity index is 1.84. The van der Waals surface area contributed by atoms with E-state index in [0.29, 0.717) is 5.56 Å². The molecule has 1 aromatic carbocycles. The lowest BCUT2D eigenvalue weighted by molar-refractivity contribution is -0.136. The van der Waals surface area contributed by atoms with E-state index in [1.165, 1.54) is 0 Å². The Hall–Kier alpha value is -4.78. The molecule has 1 atom stereocenters. The number of hydrogen-bond acceptors (Lipinski definition) is 13. The van der Waals surface area contributed by atoms with Crippen LogP contribution in [-0.4, -0.2) is 94.4 Å². The summed E-state index contributed by atoms with van der Waals surface area (Å²) in [5, 5.41) is 32.6. The summed E-state index contributed by atoms with van der Waals surface area (Å²) in [5.74, 6) is -8.12. The van der Waals surface area contributed by atoms with E-state index in [4.69, 9.17) is 4.74 Å². The number of rotatable bonds is 8. The first-order chi connectivity index (χ1) is 18.1. The highest BCUT2D eigenvalue weighted by Gasteiger charge is 2.40. The van der Waals surface area contributed by atoms with Crippen molar-refractivity contribution in [3.8, 4) is 0 Å². The zero-order chi connectivity index (χ0) is 27.6. The number of carbonyl (C=O) groups is 6. The van der Waals surface area contributed by atoms with Crippen LogP contribution in [0, 0.1) is 0 Å². The van der Waals surface area contributed by atoms with Gasteiger partial charge in [0.05, 0.1) is 19.1 Å². The largest absolute Gasteiger partial charge is 0.510 e. The summed E-state index contributed by atoms with van der Waals surface area (Å²) in [6.07, 6.45) is -0.126. The highest BCUT2D eigenvalue weighted by molar-refractivity contribution is 6.23. The van der Waals surface area contributed by atoms with Crippen LogP contribution in [-0.2, 0) is 49.4 Å². The van der Waals surface area contributed by atoms with Gasteiger partial charge in [-0.3, -0.25) is 19.3 Å². The van der Waals surface area contributed by atoms with Crippen molar-refractivity contribution in [2.75, 3.05) is 32.9 Å². The summed E-state index contributed by atoms with van der Waals surface area (Å²) in [6.45, 7) is -3.24. The summed E-state index contributed by atoms with van der Waals surface area (Å²) >= 11 is 0. The van der Waals surface area contributed by atoms with Crippen molar-refractivity contribution >= 4 is 35.3 Å². The molecule has 4 rings (SSSR count). The average molecular weight is 527 g/mol. The zero-order valence-electron chi connectivity index (χ0n) is 19.7. The van der Waals surface area contributed by atoms with Gasteiger partial charge in [0.15, 0.2) is 19.8 Å². The maximum atomic E-state index is 12.3. The lowest BCUT2D eigenvalue weighted by Gasteiger charge is -2.31. The molecule has 1 unspecified atom stereocenters. The predicted octanol–water partition coefficient (Wildman–Crippen LogP) is -0.286. The molecule has 0 aromatic heterocycles. The van der Waals surface area contributed by atoms with Gasteiger partial charge in [-0.2, -0.15) is 0 Å². The fourth-order valence-electron chi connectivity index (χ4n) is 4.19. The SMILES string of the molecule is O=C1COC(=O)/C1=C(\O)CN(C/C(O)=C1/C(=O)COC1=O)C(Cc1ccccc1)/C(O)=C1\C(=O)COC1=O. The molecular formula is C25H21NO12. The first kappa shape index (κ1) is 26.3. The number of cyclic esters (lactones) is 3. The highest BCUT2D eigenvalue weighted by atomic mass is 16.6. The molecule has 0 aliphatic carbocycles. The van der Waals surface area contributed by atoms with E-state index < -0.39 is 108 Å². The summed E-state index contributed by atoms with van der Waals surface area (Å²) in [7, 11) is 0. The third-order valence-electron chi connectivity index (χ3n) is 6.02. The second-order valence-corrected chi connectivity index (χ2v) is 8.51. The number of ether oxygens (including phenoxy) is 3. The van der Waals surface area contributed by atoms with Crippen LogP contribution in [0.15, 0.2) is 64.3 Å². The molecular weight excluding hydrogens is 506 g/mol. The Bertz CT molecular complexity index is 1230. The van der Waals surface area contributed by atoms with Crippen molar-refractivity contribution in [1.29, 1.82) is 0 Å². The average Bonchev–Trinajstić information content (AvgIpc) is 3.52. The number of ketones is 3. The predicted molar refractivity (Wildman–Crippen MR) is 122 cm³/mol. The van der Waals surface area contributed by atoms with Gasteiger partial charge in [-0.25, -0.2) is 14.4 Å². The lowest BCUT2D eigenvalue weighted by Crippen LogP contribution is -2.43. The van der Waals surface area contributed by atoms with Gasteiger partial charge in [0.2, 0.25) is 17.3 Å². The number of benzene rings is 1. The van der Waals surface area contributed by atoms with E-state index in [1.807, 2.05) is 0 Å². The van der Waals surface area contributed by atoms with E-state index in [1.54, 1.807) is 30.3 Å². The Morgan fingerprint density at radius 3 is 1.50 bits per heavy atom. The van der Waals surface area contributed by atoms with Crippen LogP contribution in [0.2, 0.25) is 0 Å². The van der Waals surface area contributed by atoms with Crippen LogP contribution < -0.4 is 0 Å². The molecule has 198 valence electrons. The molecule has 0 saturated carbocycles. The third-order valence-corrected chi connectivity index (χ3v) is 6.02. The van der Waals surface area contributed by atoms with Crippen LogP contribution in [0.1, 0.15) is 5.56 Å². The highest BCUT2D eigenvalue weighted by Crippen LogP contribution is 2.26. The number of esters is 3. The van der Waals surface area contributed by atoms with Crippen LogP contribution in [0.3, 0.4) is 0 Å². The minimum atomic E-state index is -1.37. The minimum Gasteiger partial charge on any atom is -0.510 e. The second kappa shape index (κ2) is 10.7. The molecule has 1 aromatic rings. The Morgan fingerprint density at radius 1 is 0.684 bits per heavy atom. The molecule has 3 aliphatic rings. The van der Waals surface area contributed by atoms with E-state index in [2.05, 4.69) is 9.47 Å². The van der Waals surface area contributed by atoms with Gasteiger partial charge in [-0.05, 0) is 12.0 Å². The Morgan fingerprint density at radius 2 is 1.11 bits per heavy atom. The van der Waals surface area contributed by atoms with Crippen LogP contribution in [0.4, 0.5) is 0 Å². The van der Waals surface area contributed by atoms with Crippen LogP contribution in [0.25, 0.3) is 0 Å². The van der Waals surface area contributed by atoms with Gasteiger partial charge in [-0.1, -0.05) is 30.3 Å². The van der Waals surface area contributed by atoms with Crippen molar-refractivity contribution in [2.45, 2.75) is 12.5 Å². The fourth-order valence-corrected chi connectivity index (χ4v) is 4.19. The van der Waals surface area contributed by atoms with E-state index >= 15 is 0 Å². The number of hydrogen-bond donors (Lipinski definition) is 3. The summed E-state index contributed by atoms with van der Waals surface area (Å²) in [4.78, 5) is 73.9. The van der Waals surface area contributed by atoms with E-state index in [9.17, 15) is 44.1 Å². The molecule has 0 spiro atoms. The topological polar surface area (TPSA) is 194 Å². The Kier molecular flexibility index (Phi) is 7.39. The zero-order valence-corrected chi connectivity index (χ0v) is 19.7. The monoisotopic (exact) mass is 527 g/mol. The van der Waals surface area contributed by atoms with Crippen molar-refractivity contribution in [1.82, 2.24) is 4.90 Å². The van der Waals surface area contributed by atoms with E-state index in [0.717, 1.165) is 4.90 Å². The van der Waals surface area contributed by atoms with Gasteiger partial charge < -0.3 is 29.5 Å². The normalized spacial score (nSPS) is 22.4. The first-order valence-corrected chi connectivity index (χ1v) is 11.2. The van der Waals surface area contributed by atoms with Gasteiger partial charge in [0.25, 0.3) is 0 Å². The second-order valence-electron chi connectivity index (χ2n) is 8.51. The van der Waals surface area contributed by atoms with Crippen molar-refractivity contribution in [2.24, 2.45) is 0 Å². The summed E-state index contributed by atoms with van der Waals surface area (Å²) < 4.78 is 14.0. The third kappa shape index (κ3) is 5.18. The lowest BCUT2D eigenvalue weighted by atomic mass is 9.98. The molecule has 0 radical (unpaired) electrons. The maximum Gasteiger partial charge on any atom is 0.345 e. The van der Waals surface area contributed by atoms with Gasteiger partial charge >= 0.3 is 17.9 Å². The van der Waals surface area contributed by atoms with Crippen LogP contribution >= 0.6 is 0 Å². The smallest absolute Gasteiger partial charge is 0.345 e. The first-order valence-electron chi connectivity index (χ1n) is 11.2. The quantitative estimate of drug-likeness (QED) is 0.131. The number of Topliss-reactive ketones (excluding diaryl/α,β-unsaturated/α-hetero) is 3. The molecule has 13 heteroatoms. The molecule has 3 fully saturated rings. The molecule has 3 N–H and O–H groups in total. The number of aliphatic hydroxyl groups is 3. The van der Waals surface area contributed by atoms with Crippen molar-refractivity contribution in [3.63, 3.8) is 0 Å². The van der Waals surface area contributed by atoms with E-state index in [-0.39, 0.29) is 6.42 Å². The molecule has 0 amide bonds. The maximum absolute atomic E-state index is 12.3. The van der Waals surface area contributed by atoms with Crippen molar-refractivity contribution < 1.29 is 58.3 Å². The summed E-state index contributed by atoms with van der Waals surface area (Å²) in [5.41, 5.74) is -1.43. The molecule has 3 saturated heterocycles. The number of aliphatic hydroxyl groups excluding tert-OH is 3. The summed E-state index contributed by atoms with van der Waals surface area (Å²) in [6, 6.07) is 7.01. The molecule has 0 bridgehead atoms. The standard InChI is InChI=1S/C25H21NO12/c27-14(19-16(29)9-36-23(19)33)7-26(8-15(28)20-17(30)10-37-24(20)34)13(6-12-4-2-1-3-5-12)22(32)21-18(31)11-38-25(21)35/h1-5,13,27-28,32H,6-11H2/b19-14-,20-15+,22-21-. The van der Waals surface area contributed by atoms with Crippen molar-refractivity contribution in [3.05, 3.63) is 69.9 Å². The Labute approximate surface area is 214 Å². The minimum absolute atomic E-state index is 0.126. The molecule has 38 heavy (non-hydrogen) atoms.